The Balaban J connectivity index is 1.92. The van der Waals surface area contributed by atoms with Gasteiger partial charge in [0.2, 0.25) is 5.91 Å². The first-order chi connectivity index (χ1) is 7.66. The maximum Gasteiger partial charge on any atom is 0.244 e. The van der Waals surface area contributed by atoms with Crippen molar-refractivity contribution in [2.45, 2.75) is 18.5 Å². The summed E-state index contributed by atoms with van der Waals surface area (Å²) in [5.41, 5.74) is 0.968. The van der Waals surface area contributed by atoms with Gasteiger partial charge in [0.1, 0.15) is 0 Å². The smallest absolute Gasteiger partial charge is 0.244 e. The number of likely N-dealkylation sites (N-methyl/N-ethyl adjacent to an activating group) is 1. The molecule has 0 aliphatic carbocycles. The van der Waals surface area contributed by atoms with Crippen LogP contribution in [0.4, 0.5) is 5.69 Å². The van der Waals surface area contributed by atoms with E-state index in [4.69, 9.17) is 11.6 Å². The van der Waals surface area contributed by atoms with Gasteiger partial charge in [0.05, 0.1) is 12.1 Å². The lowest BCUT2D eigenvalue weighted by Gasteiger charge is -2.31. The van der Waals surface area contributed by atoms with Crippen molar-refractivity contribution >= 4 is 23.2 Å². The zero-order valence-electron chi connectivity index (χ0n) is 9.06. The Kier molecular flexibility index (Phi) is 2.19. The molecule has 1 aromatic rings. The molecule has 2 heterocycles. The van der Waals surface area contributed by atoms with Crippen molar-refractivity contribution in [1.82, 2.24) is 4.90 Å². The van der Waals surface area contributed by atoms with Gasteiger partial charge in [-0.3, -0.25) is 9.69 Å². The summed E-state index contributed by atoms with van der Waals surface area (Å²) < 4.78 is 0. The molecular formula is C12H13ClN2O. The Bertz CT molecular complexity index is 431. The van der Waals surface area contributed by atoms with Crippen LogP contribution in [0.2, 0.25) is 5.02 Å². The number of anilines is 1. The summed E-state index contributed by atoms with van der Waals surface area (Å²) in [6.07, 6.45) is 0.956. The molecule has 2 aliphatic heterocycles. The van der Waals surface area contributed by atoms with Gasteiger partial charge in [-0.05, 0) is 37.7 Å². The maximum absolute atomic E-state index is 12.1. The van der Waals surface area contributed by atoms with Gasteiger partial charge in [-0.25, -0.2) is 0 Å². The third-order valence-electron chi connectivity index (χ3n) is 3.52. The van der Waals surface area contributed by atoms with Gasteiger partial charge >= 0.3 is 0 Å². The number of halogens is 1. The summed E-state index contributed by atoms with van der Waals surface area (Å²) in [5.74, 6) is 0.223. The number of likely N-dealkylation sites (tertiary alicyclic amines) is 1. The number of carbonyl (C=O) groups is 1. The Morgan fingerprint density at radius 3 is 2.56 bits per heavy atom. The van der Waals surface area contributed by atoms with E-state index in [9.17, 15) is 4.79 Å². The third kappa shape index (κ3) is 1.35. The zero-order chi connectivity index (χ0) is 11.3. The fourth-order valence-electron chi connectivity index (χ4n) is 2.73. The lowest BCUT2D eigenvalue weighted by atomic mass is 10.2. The van der Waals surface area contributed by atoms with Crippen molar-refractivity contribution in [1.29, 1.82) is 0 Å². The summed E-state index contributed by atoms with van der Waals surface area (Å²) in [6, 6.07) is 7.92. The van der Waals surface area contributed by atoms with E-state index in [1.165, 1.54) is 0 Å². The van der Waals surface area contributed by atoms with Crippen molar-refractivity contribution in [3.8, 4) is 0 Å². The lowest BCUT2D eigenvalue weighted by Crippen LogP contribution is -2.48. The second kappa shape index (κ2) is 3.47. The standard InChI is InChI=1S/C12H13ClN2O/c1-14-7-10-6-11(14)12(16)15(10)9-4-2-8(13)3-5-9/h2-5,10-11H,6-7H2,1H3. The SMILES string of the molecule is CN1CC2CC1C(=O)N2c1ccc(Cl)cc1. The van der Waals surface area contributed by atoms with Crippen LogP contribution in [-0.4, -0.2) is 36.5 Å². The molecule has 16 heavy (non-hydrogen) atoms. The minimum Gasteiger partial charge on any atom is -0.307 e. The van der Waals surface area contributed by atoms with Crippen LogP contribution in [0.25, 0.3) is 0 Å². The highest BCUT2D eigenvalue weighted by atomic mass is 35.5. The van der Waals surface area contributed by atoms with E-state index < -0.39 is 0 Å². The number of fused-ring (bicyclic) bond motifs is 2. The molecule has 0 N–H and O–H groups in total. The quantitative estimate of drug-likeness (QED) is 0.742. The van der Waals surface area contributed by atoms with Crippen molar-refractivity contribution in [2.24, 2.45) is 0 Å². The van der Waals surface area contributed by atoms with Crippen LogP contribution < -0.4 is 4.90 Å². The lowest BCUT2D eigenvalue weighted by molar-refractivity contribution is -0.122. The number of benzene rings is 1. The number of hydrogen-bond donors (Lipinski definition) is 0. The van der Waals surface area contributed by atoms with E-state index in [0.29, 0.717) is 11.1 Å². The Morgan fingerprint density at radius 2 is 2.00 bits per heavy atom. The summed E-state index contributed by atoms with van der Waals surface area (Å²) in [7, 11) is 2.02. The summed E-state index contributed by atoms with van der Waals surface area (Å²) >= 11 is 5.85. The van der Waals surface area contributed by atoms with E-state index in [1.807, 2.05) is 36.2 Å². The summed E-state index contributed by atoms with van der Waals surface area (Å²) in [4.78, 5) is 16.2. The van der Waals surface area contributed by atoms with E-state index >= 15 is 0 Å². The van der Waals surface area contributed by atoms with Crippen LogP contribution in [-0.2, 0) is 4.79 Å². The molecule has 2 bridgehead atoms. The first-order valence-corrected chi connectivity index (χ1v) is 5.83. The van der Waals surface area contributed by atoms with Crippen molar-refractivity contribution in [3.63, 3.8) is 0 Å². The van der Waals surface area contributed by atoms with E-state index in [-0.39, 0.29) is 11.9 Å². The molecular weight excluding hydrogens is 224 g/mol. The predicted octanol–water partition coefficient (Wildman–Crippen LogP) is 1.76. The maximum atomic E-state index is 12.1. The molecule has 0 radical (unpaired) electrons. The highest BCUT2D eigenvalue weighted by Crippen LogP contribution is 2.34. The van der Waals surface area contributed by atoms with Crippen LogP contribution in [0.15, 0.2) is 24.3 Å². The number of carbonyl (C=O) groups excluding carboxylic acids is 1. The van der Waals surface area contributed by atoms with Gasteiger partial charge < -0.3 is 4.90 Å². The van der Waals surface area contributed by atoms with Gasteiger partial charge in [0.15, 0.2) is 0 Å². The van der Waals surface area contributed by atoms with Gasteiger partial charge in [0.25, 0.3) is 0 Å². The molecule has 0 spiro atoms. The van der Waals surface area contributed by atoms with Crippen molar-refractivity contribution in [3.05, 3.63) is 29.3 Å². The van der Waals surface area contributed by atoms with Crippen molar-refractivity contribution < 1.29 is 4.79 Å². The topological polar surface area (TPSA) is 23.6 Å². The van der Waals surface area contributed by atoms with E-state index in [1.54, 1.807) is 0 Å². The molecule has 84 valence electrons. The van der Waals surface area contributed by atoms with Crippen LogP contribution >= 0.6 is 11.6 Å². The van der Waals surface area contributed by atoms with Gasteiger partial charge in [-0.2, -0.15) is 0 Å². The first-order valence-electron chi connectivity index (χ1n) is 5.45. The first kappa shape index (κ1) is 10.1. The molecule has 0 saturated carbocycles. The largest absolute Gasteiger partial charge is 0.307 e. The van der Waals surface area contributed by atoms with Gasteiger partial charge in [0, 0.05) is 17.3 Å². The molecule has 1 aromatic carbocycles. The highest BCUT2D eigenvalue weighted by Gasteiger charge is 2.48. The Morgan fingerprint density at radius 1 is 1.31 bits per heavy atom. The third-order valence-corrected chi connectivity index (χ3v) is 3.77. The second-order valence-electron chi connectivity index (χ2n) is 4.53. The number of nitrogens with zero attached hydrogens (tertiary/aromatic N) is 2. The fourth-order valence-corrected chi connectivity index (χ4v) is 2.85. The Labute approximate surface area is 99.6 Å². The summed E-state index contributed by atoms with van der Waals surface area (Å²) in [5, 5.41) is 0.706. The zero-order valence-corrected chi connectivity index (χ0v) is 9.81. The molecule has 2 saturated heterocycles. The van der Waals surface area contributed by atoms with E-state index in [0.717, 1.165) is 18.7 Å². The average Bonchev–Trinajstić information content (AvgIpc) is 2.76. The van der Waals surface area contributed by atoms with Gasteiger partial charge in [-0.1, -0.05) is 11.6 Å². The van der Waals surface area contributed by atoms with Crippen LogP contribution in [0.1, 0.15) is 6.42 Å². The van der Waals surface area contributed by atoms with Crippen LogP contribution in [0.3, 0.4) is 0 Å². The Hall–Kier alpha value is -1.06. The monoisotopic (exact) mass is 236 g/mol. The number of amides is 1. The molecule has 4 heteroatoms. The fraction of sp³-hybridized carbons (Fsp3) is 0.417. The predicted molar refractivity (Wildman–Crippen MR) is 63.8 cm³/mol. The van der Waals surface area contributed by atoms with E-state index in [2.05, 4.69) is 4.90 Å². The van der Waals surface area contributed by atoms with Crippen molar-refractivity contribution in [2.75, 3.05) is 18.5 Å². The molecule has 2 aliphatic rings. The van der Waals surface area contributed by atoms with Crippen LogP contribution in [0.5, 0.6) is 0 Å². The number of piperazine rings is 1. The molecule has 0 aromatic heterocycles. The van der Waals surface area contributed by atoms with Gasteiger partial charge in [-0.15, -0.1) is 0 Å². The average molecular weight is 237 g/mol. The molecule has 2 fully saturated rings. The number of rotatable bonds is 1. The second-order valence-corrected chi connectivity index (χ2v) is 4.97. The summed E-state index contributed by atoms with van der Waals surface area (Å²) in [6.45, 7) is 0.971. The molecule has 3 rings (SSSR count). The molecule has 1 amide bonds. The van der Waals surface area contributed by atoms with Crippen LogP contribution in [0, 0.1) is 0 Å². The molecule has 2 atom stereocenters. The molecule has 2 unspecified atom stereocenters. The minimum absolute atomic E-state index is 0.0840. The minimum atomic E-state index is 0.0840. The number of hydrogen-bond acceptors (Lipinski definition) is 2. The normalized spacial score (nSPS) is 29.1. The molecule has 3 nitrogen and oxygen atoms in total. The highest BCUT2D eigenvalue weighted by molar-refractivity contribution is 6.30.